The number of fused-ring (bicyclic) bond motifs is 2. The van der Waals surface area contributed by atoms with Gasteiger partial charge in [-0.05, 0) is 63.3 Å². The van der Waals surface area contributed by atoms with Crippen LogP contribution in [0.15, 0.2) is 54.9 Å². The summed E-state index contributed by atoms with van der Waals surface area (Å²) in [5, 5.41) is 9.12. The molecule has 0 amide bonds. The third-order valence-corrected chi connectivity index (χ3v) is 6.39. The third-order valence-electron chi connectivity index (χ3n) is 6.39. The van der Waals surface area contributed by atoms with E-state index in [0.29, 0.717) is 41.7 Å². The zero-order valence-electron chi connectivity index (χ0n) is 20.6. The molecule has 0 radical (unpaired) electrons. The molecule has 8 nitrogen and oxygen atoms in total. The van der Waals surface area contributed by atoms with Gasteiger partial charge in [0, 0.05) is 23.5 Å². The zero-order valence-corrected chi connectivity index (χ0v) is 20.6. The molecule has 6 rings (SSSR count). The van der Waals surface area contributed by atoms with Crippen LogP contribution < -0.4 is 14.2 Å². The average Bonchev–Trinajstić information content (AvgIpc) is 3.43. The molecule has 2 aliphatic rings. The van der Waals surface area contributed by atoms with Gasteiger partial charge >= 0.3 is 0 Å². The summed E-state index contributed by atoms with van der Waals surface area (Å²) in [6.45, 7) is 3.69. The second-order valence-corrected chi connectivity index (χ2v) is 8.85. The SMILES string of the molecule is CN1CCCCC1.COc1nc(-c2ccc(C#N)cc2)c(-c2ccc3c(c2)OCCO3)n2ccnc12. The molecule has 1 fully saturated rings. The smallest absolute Gasteiger partial charge is 0.258 e. The quantitative estimate of drug-likeness (QED) is 0.413. The molecule has 0 atom stereocenters. The molecule has 1 saturated heterocycles. The highest BCUT2D eigenvalue weighted by molar-refractivity contribution is 5.82. The summed E-state index contributed by atoms with van der Waals surface area (Å²) in [7, 11) is 3.77. The first-order valence-corrected chi connectivity index (χ1v) is 12.2. The second kappa shape index (κ2) is 10.7. The van der Waals surface area contributed by atoms with Gasteiger partial charge in [0.05, 0.1) is 30.1 Å². The maximum absolute atomic E-state index is 9.12. The number of nitriles is 1. The second-order valence-electron chi connectivity index (χ2n) is 8.85. The van der Waals surface area contributed by atoms with E-state index in [1.54, 1.807) is 25.4 Å². The molecule has 0 aliphatic carbocycles. The largest absolute Gasteiger partial charge is 0.486 e. The number of benzene rings is 2. The summed E-state index contributed by atoms with van der Waals surface area (Å²) in [6, 6.07) is 15.3. The maximum Gasteiger partial charge on any atom is 0.258 e. The van der Waals surface area contributed by atoms with E-state index in [0.717, 1.165) is 22.6 Å². The van der Waals surface area contributed by atoms with Crippen LogP contribution >= 0.6 is 0 Å². The van der Waals surface area contributed by atoms with Gasteiger partial charge in [0.25, 0.3) is 5.88 Å². The van der Waals surface area contributed by atoms with Crippen molar-refractivity contribution >= 4 is 5.65 Å². The summed E-state index contributed by atoms with van der Waals surface area (Å²) < 4.78 is 18.9. The minimum Gasteiger partial charge on any atom is -0.486 e. The fraction of sp³-hybridized carbons (Fsp3) is 0.321. The Morgan fingerprint density at radius 3 is 2.33 bits per heavy atom. The summed E-state index contributed by atoms with van der Waals surface area (Å²) in [6.07, 6.45) is 7.86. The van der Waals surface area contributed by atoms with Gasteiger partial charge in [0.1, 0.15) is 13.2 Å². The lowest BCUT2D eigenvalue weighted by atomic mass is 10.0. The third kappa shape index (κ3) is 4.83. The maximum atomic E-state index is 9.12. The van der Waals surface area contributed by atoms with Crippen LogP contribution in [-0.2, 0) is 0 Å². The van der Waals surface area contributed by atoms with E-state index in [1.807, 2.05) is 40.9 Å². The molecule has 2 aromatic heterocycles. The van der Waals surface area contributed by atoms with E-state index in [4.69, 9.17) is 24.5 Å². The first-order chi connectivity index (χ1) is 17.7. The van der Waals surface area contributed by atoms with Crippen LogP contribution in [0.2, 0.25) is 0 Å². The Hall–Kier alpha value is -4.09. The first kappa shape index (κ1) is 23.6. The highest BCUT2D eigenvalue weighted by Gasteiger charge is 2.21. The Morgan fingerprint density at radius 2 is 1.67 bits per heavy atom. The van der Waals surface area contributed by atoms with Gasteiger partial charge in [-0.1, -0.05) is 18.6 Å². The number of likely N-dealkylation sites (tertiary alicyclic amines) is 1. The molecule has 8 heteroatoms. The molecule has 0 bridgehead atoms. The minimum atomic E-state index is 0.427. The van der Waals surface area contributed by atoms with Gasteiger partial charge in [-0.2, -0.15) is 5.26 Å². The van der Waals surface area contributed by atoms with Crippen LogP contribution in [0.1, 0.15) is 24.8 Å². The number of rotatable bonds is 3. The molecular weight excluding hydrogens is 454 g/mol. The van der Waals surface area contributed by atoms with Gasteiger partial charge in [-0.15, -0.1) is 0 Å². The normalized spacial score (nSPS) is 15.0. The van der Waals surface area contributed by atoms with Crippen LogP contribution in [0.25, 0.3) is 28.2 Å². The van der Waals surface area contributed by atoms with Gasteiger partial charge < -0.3 is 19.1 Å². The minimum absolute atomic E-state index is 0.427. The van der Waals surface area contributed by atoms with E-state index in [-0.39, 0.29) is 0 Å². The van der Waals surface area contributed by atoms with Gasteiger partial charge in [-0.3, -0.25) is 4.40 Å². The van der Waals surface area contributed by atoms with Crippen molar-refractivity contribution in [2.75, 3.05) is 40.5 Å². The van der Waals surface area contributed by atoms with E-state index < -0.39 is 0 Å². The molecule has 0 N–H and O–H groups in total. The molecular formula is C28H29N5O3. The molecule has 4 aromatic rings. The predicted octanol–water partition coefficient (Wildman–Crippen LogP) is 4.82. The van der Waals surface area contributed by atoms with Crippen LogP contribution in [0.3, 0.4) is 0 Å². The predicted molar refractivity (Wildman–Crippen MR) is 137 cm³/mol. The van der Waals surface area contributed by atoms with Crippen molar-refractivity contribution in [1.29, 1.82) is 5.26 Å². The first-order valence-electron chi connectivity index (χ1n) is 12.2. The van der Waals surface area contributed by atoms with Crippen LogP contribution in [0, 0.1) is 11.3 Å². The van der Waals surface area contributed by atoms with E-state index >= 15 is 0 Å². The van der Waals surface area contributed by atoms with E-state index in [1.165, 1.54) is 32.4 Å². The van der Waals surface area contributed by atoms with Crippen molar-refractivity contribution in [2.24, 2.45) is 0 Å². The summed E-state index contributed by atoms with van der Waals surface area (Å²) >= 11 is 0. The number of nitrogens with zero attached hydrogens (tertiary/aromatic N) is 5. The highest BCUT2D eigenvalue weighted by atomic mass is 16.6. The molecule has 0 saturated carbocycles. The van der Waals surface area contributed by atoms with Crippen molar-refractivity contribution < 1.29 is 14.2 Å². The zero-order chi connectivity index (χ0) is 24.9. The molecule has 0 spiro atoms. The number of hydrogen-bond donors (Lipinski definition) is 0. The van der Waals surface area contributed by atoms with Crippen molar-refractivity contribution in [3.63, 3.8) is 0 Å². The van der Waals surface area contributed by atoms with Gasteiger partial charge in [0.2, 0.25) is 5.65 Å². The lowest BCUT2D eigenvalue weighted by Gasteiger charge is -2.20. The molecule has 36 heavy (non-hydrogen) atoms. The van der Waals surface area contributed by atoms with Gasteiger partial charge in [-0.25, -0.2) is 9.97 Å². The number of aromatic nitrogens is 3. The van der Waals surface area contributed by atoms with Crippen LogP contribution in [-0.4, -0.2) is 59.7 Å². The van der Waals surface area contributed by atoms with Crippen molar-refractivity contribution in [1.82, 2.24) is 19.3 Å². The number of imidazole rings is 1. The number of ether oxygens (including phenoxy) is 3. The number of methoxy groups -OCH3 is 1. The standard InChI is InChI=1S/C22H16N4O3.C6H13N/c1-27-22-21-24-8-9-26(21)20(16-6-7-17-18(12-16)29-11-10-28-17)19(25-22)15-4-2-14(13-23)3-5-15;1-7-5-3-2-4-6-7/h2-9,12H,10-11H2,1H3;2-6H2,1H3. The summed E-state index contributed by atoms with van der Waals surface area (Å²) in [4.78, 5) is 11.5. The molecule has 2 aromatic carbocycles. The Bertz CT molecular complexity index is 1390. The van der Waals surface area contributed by atoms with Crippen LogP contribution in [0.4, 0.5) is 0 Å². The summed E-state index contributed by atoms with van der Waals surface area (Å²) in [5.74, 6) is 1.85. The fourth-order valence-corrected chi connectivity index (χ4v) is 4.52. The van der Waals surface area contributed by atoms with E-state index in [2.05, 4.69) is 23.0 Å². The lowest BCUT2D eigenvalue weighted by molar-refractivity contribution is 0.171. The van der Waals surface area contributed by atoms with Crippen molar-refractivity contribution in [3.8, 4) is 46.0 Å². The fourth-order valence-electron chi connectivity index (χ4n) is 4.52. The molecule has 4 heterocycles. The molecule has 184 valence electrons. The average molecular weight is 484 g/mol. The molecule has 2 aliphatic heterocycles. The lowest BCUT2D eigenvalue weighted by Crippen LogP contribution is -2.24. The Kier molecular flexibility index (Phi) is 7.01. The Morgan fingerprint density at radius 1 is 0.944 bits per heavy atom. The van der Waals surface area contributed by atoms with Crippen molar-refractivity contribution in [3.05, 3.63) is 60.4 Å². The number of hydrogen-bond acceptors (Lipinski definition) is 7. The summed E-state index contributed by atoms with van der Waals surface area (Å²) in [5.41, 5.74) is 4.54. The molecule has 0 unspecified atom stereocenters. The van der Waals surface area contributed by atoms with Crippen molar-refractivity contribution in [2.45, 2.75) is 19.3 Å². The Balaban J connectivity index is 0.000000330. The highest BCUT2D eigenvalue weighted by Crippen LogP contribution is 2.39. The van der Waals surface area contributed by atoms with E-state index in [9.17, 15) is 0 Å². The number of piperidine rings is 1. The van der Waals surface area contributed by atoms with Gasteiger partial charge in [0.15, 0.2) is 11.5 Å². The van der Waals surface area contributed by atoms with Crippen LogP contribution in [0.5, 0.6) is 17.4 Å². The topological polar surface area (TPSA) is 84.9 Å². The monoisotopic (exact) mass is 483 g/mol. The Labute approximate surface area is 210 Å².